The van der Waals surface area contributed by atoms with Crippen LogP contribution in [0.25, 0.3) is 10.8 Å². The van der Waals surface area contributed by atoms with E-state index in [0.29, 0.717) is 5.92 Å². The predicted molar refractivity (Wildman–Crippen MR) is 89.8 cm³/mol. The molecule has 21 heavy (non-hydrogen) atoms. The topological polar surface area (TPSA) is 38.0 Å². The van der Waals surface area contributed by atoms with Crippen LogP contribution >= 0.6 is 0 Å². The first kappa shape index (κ1) is 14.6. The van der Waals surface area contributed by atoms with Gasteiger partial charge >= 0.3 is 0 Å². The number of fused-ring (bicyclic) bond motifs is 1. The van der Waals surface area contributed by atoms with Gasteiger partial charge in [0.1, 0.15) is 0 Å². The van der Waals surface area contributed by atoms with Gasteiger partial charge in [0.2, 0.25) is 0 Å². The number of nitrogens with two attached hydrogens (primary N) is 1. The minimum Gasteiger partial charge on any atom is -0.271 e. The highest BCUT2D eigenvalue weighted by Gasteiger charge is 2.27. The lowest BCUT2D eigenvalue weighted by atomic mass is 9.76. The van der Waals surface area contributed by atoms with E-state index in [0.717, 1.165) is 5.92 Å². The van der Waals surface area contributed by atoms with Gasteiger partial charge in [-0.05, 0) is 47.1 Å². The molecule has 1 saturated carbocycles. The molecular weight excluding hydrogens is 256 g/mol. The fourth-order valence-electron chi connectivity index (χ4n) is 3.84. The van der Waals surface area contributed by atoms with Crippen molar-refractivity contribution in [1.82, 2.24) is 5.43 Å². The van der Waals surface area contributed by atoms with Gasteiger partial charge in [0.15, 0.2) is 0 Å². The van der Waals surface area contributed by atoms with E-state index in [4.69, 9.17) is 5.84 Å². The van der Waals surface area contributed by atoms with Crippen LogP contribution in [-0.2, 0) is 0 Å². The molecule has 2 nitrogen and oxygen atoms in total. The van der Waals surface area contributed by atoms with Crippen LogP contribution < -0.4 is 11.3 Å². The van der Waals surface area contributed by atoms with Crippen LogP contribution in [0.2, 0.25) is 0 Å². The summed E-state index contributed by atoms with van der Waals surface area (Å²) in [5.41, 5.74) is 4.42. The van der Waals surface area contributed by atoms with E-state index in [-0.39, 0.29) is 6.04 Å². The molecule has 0 aliphatic heterocycles. The SMILES string of the molecule is CCC1CCC(C(NN)c2ccc3ccccc3c2)CC1. The third-order valence-corrected chi connectivity index (χ3v) is 5.25. The maximum Gasteiger partial charge on any atom is 0.0488 e. The average Bonchev–Trinajstić information content (AvgIpc) is 2.56. The van der Waals surface area contributed by atoms with Crippen LogP contribution in [0.5, 0.6) is 0 Å². The third kappa shape index (κ3) is 3.12. The molecule has 1 aliphatic rings. The zero-order chi connectivity index (χ0) is 14.7. The Hall–Kier alpha value is -1.38. The molecule has 1 fully saturated rings. The second-order valence-corrected chi connectivity index (χ2v) is 6.44. The van der Waals surface area contributed by atoms with Crippen LogP contribution in [0, 0.1) is 11.8 Å². The third-order valence-electron chi connectivity index (χ3n) is 5.25. The fraction of sp³-hybridized carbons (Fsp3) is 0.474. The van der Waals surface area contributed by atoms with E-state index in [2.05, 4.69) is 54.8 Å². The summed E-state index contributed by atoms with van der Waals surface area (Å²) in [7, 11) is 0. The van der Waals surface area contributed by atoms with Gasteiger partial charge in [-0.25, -0.2) is 0 Å². The van der Waals surface area contributed by atoms with E-state index in [9.17, 15) is 0 Å². The first-order valence-corrected chi connectivity index (χ1v) is 8.26. The van der Waals surface area contributed by atoms with E-state index in [1.54, 1.807) is 0 Å². The molecule has 1 aliphatic carbocycles. The summed E-state index contributed by atoms with van der Waals surface area (Å²) in [6.45, 7) is 2.31. The smallest absolute Gasteiger partial charge is 0.0488 e. The number of hydrogen-bond acceptors (Lipinski definition) is 2. The van der Waals surface area contributed by atoms with Crippen molar-refractivity contribution in [1.29, 1.82) is 0 Å². The summed E-state index contributed by atoms with van der Waals surface area (Å²) in [5.74, 6) is 7.49. The maximum absolute atomic E-state index is 5.90. The first-order valence-electron chi connectivity index (χ1n) is 8.26. The van der Waals surface area contributed by atoms with Crippen molar-refractivity contribution in [3.05, 3.63) is 48.0 Å². The monoisotopic (exact) mass is 282 g/mol. The normalized spacial score (nSPS) is 24.1. The van der Waals surface area contributed by atoms with Crippen molar-refractivity contribution in [3.8, 4) is 0 Å². The zero-order valence-corrected chi connectivity index (χ0v) is 12.9. The highest BCUT2D eigenvalue weighted by Crippen LogP contribution is 2.38. The van der Waals surface area contributed by atoms with Gasteiger partial charge in [0, 0.05) is 6.04 Å². The van der Waals surface area contributed by atoms with E-state index in [1.807, 2.05) is 0 Å². The molecule has 2 aromatic carbocycles. The lowest BCUT2D eigenvalue weighted by molar-refractivity contribution is 0.219. The standard InChI is InChI=1S/C19H26N2/c1-2-14-7-9-16(10-8-14)19(21-20)18-12-11-15-5-3-4-6-17(15)13-18/h3-6,11-14,16,19,21H,2,7-10,20H2,1H3. The van der Waals surface area contributed by atoms with Crippen LogP contribution in [0.4, 0.5) is 0 Å². The Bertz CT molecular complexity index is 585. The molecule has 1 unspecified atom stereocenters. The van der Waals surface area contributed by atoms with Crippen LogP contribution in [0.3, 0.4) is 0 Å². The molecule has 3 N–H and O–H groups in total. The number of hydrazine groups is 1. The van der Waals surface area contributed by atoms with E-state index >= 15 is 0 Å². The molecule has 0 spiro atoms. The molecule has 2 heteroatoms. The van der Waals surface area contributed by atoms with E-state index < -0.39 is 0 Å². The Morgan fingerprint density at radius 3 is 2.43 bits per heavy atom. The Kier molecular flexibility index (Phi) is 4.57. The molecular formula is C19H26N2. The second-order valence-electron chi connectivity index (χ2n) is 6.44. The van der Waals surface area contributed by atoms with Crippen LogP contribution in [0.1, 0.15) is 50.6 Å². The molecule has 0 bridgehead atoms. The lowest BCUT2D eigenvalue weighted by Gasteiger charge is -2.33. The van der Waals surface area contributed by atoms with Crippen molar-refractivity contribution >= 4 is 10.8 Å². The molecule has 0 aromatic heterocycles. The summed E-state index contributed by atoms with van der Waals surface area (Å²) in [6, 6.07) is 15.6. The van der Waals surface area contributed by atoms with Crippen LogP contribution in [0.15, 0.2) is 42.5 Å². The molecule has 2 aromatic rings. The highest BCUT2D eigenvalue weighted by molar-refractivity contribution is 5.83. The molecule has 112 valence electrons. The predicted octanol–water partition coefficient (Wildman–Crippen LogP) is 4.56. The van der Waals surface area contributed by atoms with Crippen LogP contribution in [-0.4, -0.2) is 0 Å². The van der Waals surface area contributed by atoms with E-state index in [1.165, 1.54) is 48.4 Å². The second kappa shape index (κ2) is 6.59. The minimum absolute atomic E-state index is 0.285. The highest BCUT2D eigenvalue weighted by atomic mass is 15.2. The summed E-state index contributed by atoms with van der Waals surface area (Å²) >= 11 is 0. The van der Waals surface area contributed by atoms with Gasteiger partial charge in [0.05, 0.1) is 0 Å². The Morgan fingerprint density at radius 2 is 1.76 bits per heavy atom. The van der Waals surface area contributed by atoms with Gasteiger partial charge in [-0.3, -0.25) is 11.3 Å². The molecule has 1 atom stereocenters. The van der Waals surface area contributed by atoms with Gasteiger partial charge < -0.3 is 0 Å². The van der Waals surface area contributed by atoms with Gasteiger partial charge in [0.25, 0.3) is 0 Å². The molecule has 0 saturated heterocycles. The van der Waals surface area contributed by atoms with Gasteiger partial charge in [-0.2, -0.15) is 0 Å². The number of rotatable bonds is 4. The Morgan fingerprint density at radius 1 is 1.05 bits per heavy atom. The summed E-state index contributed by atoms with van der Waals surface area (Å²) in [4.78, 5) is 0. The summed E-state index contributed by atoms with van der Waals surface area (Å²) in [5, 5.41) is 2.60. The molecule has 0 radical (unpaired) electrons. The molecule has 0 amide bonds. The quantitative estimate of drug-likeness (QED) is 0.637. The first-order chi connectivity index (χ1) is 10.3. The van der Waals surface area contributed by atoms with Gasteiger partial charge in [-0.1, -0.05) is 62.6 Å². The molecule has 0 heterocycles. The largest absolute Gasteiger partial charge is 0.271 e. The van der Waals surface area contributed by atoms with Crippen molar-refractivity contribution in [2.75, 3.05) is 0 Å². The zero-order valence-electron chi connectivity index (χ0n) is 12.9. The molecule has 3 rings (SSSR count). The number of nitrogens with one attached hydrogen (secondary N) is 1. The van der Waals surface area contributed by atoms with Crippen molar-refractivity contribution < 1.29 is 0 Å². The minimum atomic E-state index is 0.285. The van der Waals surface area contributed by atoms with Crippen molar-refractivity contribution in [2.24, 2.45) is 17.7 Å². The summed E-state index contributed by atoms with van der Waals surface area (Å²) in [6.07, 6.45) is 6.61. The number of benzene rings is 2. The number of hydrogen-bond donors (Lipinski definition) is 2. The van der Waals surface area contributed by atoms with Crippen molar-refractivity contribution in [2.45, 2.75) is 45.1 Å². The fourth-order valence-corrected chi connectivity index (χ4v) is 3.84. The average molecular weight is 282 g/mol. The summed E-state index contributed by atoms with van der Waals surface area (Å²) < 4.78 is 0. The maximum atomic E-state index is 5.90. The Balaban J connectivity index is 1.81. The lowest BCUT2D eigenvalue weighted by Crippen LogP contribution is -2.35. The van der Waals surface area contributed by atoms with Gasteiger partial charge in [-0.15, -0.1) is 0 Å². The Labute approximate surface area is 127 Å². The van der Waals surface area contributed by atoms with Crippen molar-refractivity contribution in [3.63, 3.8) is 0 Å².